The molecule has 1 aromatic rings. The van der Waals surface area contributed by atoms with Crippen LogP contribution < -0.4 is 0 Å². The predicted molar refractivity (Wildman–Crippen MR) is 61.5 cm³/mol. The molecular formula is C11H12Cl2O2. The molecule has 2 nitrogen and oxygen atoms in total. The van der Waals surface area contributed by atoms with E-state index in [1.807, 2.05) is 0 Å². The van der Waals surface area contributed by atoms with Gasteiger partial charge in [0.15, 0.2) is 5.78 Å². The van der Waals surface area contributed by atoms with E-state index in [0.717, 1.165) is 0 Å². The van der Waals surface area contributed by atoms with Crippen molar-refractivity contribution >= 4 is 29.0 Å². The van der Waals surface area contributed by atoms with Crippen molar-refractivity contribution < 1.29 is 9.53 Å². The van der Waals surface area contributed by atoms with Crippen LogP contribution in [0, 0.1) is 0 Å². The number of benzene rings is 1. The Kier molecular flexibility index (Phi) is 4.58. The van der Waals surface area contributed by atoms with E-state index < -0.39 is 6.10 Å². The van der Waals surface area contributed by atoms with Gasteiger partial charge in [-0.25, -0.2) is 0 Å². The number of hydrogen-bond acceptors (Lipinski definition) is 2. The number of Topliss-reactive ketones (excluding diaryl/α,β-unsaturated/α-hetero) is 1. The van der Waals surface area contributed by atoms with E-state index in [1.54, 1.807) is 25.1 Å². The molecule has 0 radical (unpaired) electrons. The van der Waals surface area contributed by atoms with Crippen LogP contribution in [0.25, 0.3) is 0 Å². The number of methoxy groups -OCH3 is 1. The molecule has 0 aromatic heterocycles. The van der Waals surface area contributed by atoms with Gasteiger partial charge in [-0.2, -0.15) is 0 Å². The summed E-state index contributed by atoms with van der Waals surface area (Å²) in [5.41, 5.74) is 0.696. The number of rotatable bonds is 4. The molecule has 1 atom stereocenters. The summed E-state index contributed by atoms with van der Waals surface area (Å²) < 4.78 is 5.13. The van der Waals surface area contributed by atoms with Crippen molar-refractivity contribution in [3.05, 3.63) is 33.8 Å². The molecule has 0 N–H and O–H groups in total. The van der Waals surface area contributed by atoms with Crippen LogP contribution in [-0.4, -0.2) is 12.9 Å². The maximum atomic E-state index is 11.6. The minimum Gasteiger partial charge on any atom is -0.369 e. The highest BCUT2D eigenvalue weighted by molar-refractivity contribution is 6.34. The lowest BCUT2D eigenvalue weighted by Gasteiger charge is -2.14. The largest absolute Gasteiger partial charge is 0.369 e. The van der Waals surface area contributed by atoms with Crippen molar-refractivity contribution in [3.8, 4) is 0 Å². The minimum atomic E-state index is -0.578. The fourth-order valence-corrected chi connectivity index (χ4v) is 1.91. The van der Waals surface area contributed by atoms with Crippen LogP contribution in [0.2, 0.25) is 10.0 Å². The third kappa shape index (κ3) is 3.20. The first-order valence-corrected chi connectivity index (χ1v) is 5.35. The van der Waals surface area contributed by atoms with E-state index in [-0.39, 0.29) is 5.78 Å². The summed E-state index contributed by atoms with van der Waals surface area (Å²) in [6, 6.07) is 5.00. The van der Waals surface area contributed by atoms with E-state index in [1.165, 1.54) is 7.11 Å². The summed E-state index contributed by atoms with van der Waals surface area (Å²) in [5, 5.41) is 1.01. The third-order valence-electron chi connectivity index (χ3n) is 2.06. The molecule has 0 aliphatic rings. The van der Waals surface area contributed by atoms with Crippen LogP contribution in [0.3, 0.4) is 0 Å². The van der Waals surface area contributed by atoms with Crippen molar-refractivity contribution in [1.29, 1.82) is 0 Å². The number of carbonyl (C=O) groups is 1. The summed E-state index contributed by atoms with van der Waals surface area (Å²) in [5.74, 6) is 0.0100. The molecular weight excluding hydrogens is 235 g/mol. The molecule has 0 saturated carbocycles. The normalized spacial score (nSPS) is 12.5. The molecule has 0 spiro atoms. The number of carbonyl (C=O) groups excluding carboxylic acids is 1. The van der Waals surface area contributed by atoms with Gasteiger partial charge in [0, 0.05) is 23.6 Å². The lowest BCUT2D eigenvalue weighted by atomic mass is 10.0. The highest BCUT2D eigenvalue weighted by Crippen LogP contribution is 2.26. The summed E-state index contributed by atoms with van der Waals surface area (Å²) in [4.78, 5) is 11.6. The Morgan fingerprint density at radius 1 is 1.33 bits per heavy atom. The van der Waals surface area contributed by atoms with Crippen LogP contribution in [0.4, 0.5) is 0 Å². The van der Waals surface area contributed by atoms with Gasteiger partial charge in [-0.1, -0.05) is 30.1 Å². The SMILES string of the molecule is CCC(=O)C(OC)c1cc(Cl)cc(Cl)c1. The van der Waals surface area contributed by atoms with Gasteiger partial charge >= 0.3 is 0 Å². The molecule has 0 aliphatic heterocycles. The average Bonchev–Trinajstić information content (AvgIpc) is 2.17. The summed E-state index contributed by atoms with van der Waals surface area (Å²) in [6.07, 6.45) is -0.158. The zero-order valence-electron chi connectivity index (χ0n) is 8.59. The molecule has 82 valence electrons. The fraction of sp³-hybridized carbons (Fsp3) is 0.364. The second-order valence-electron chi connectivity index (χ2n) is 3.14. The van der Waals surface area contributed by atoms with Crippen molar-refractivity contribution in [3.63, 3.8) is 0 Å². The van der Waals surface area contributed by atoms with E-state index >= 15 is 0 Å². The van der Waals surface area contributed by atoms with E-state index in [2.05, 4.69) is 0 Å². The first-order valence-electron chi connectivity index (χ1n) is 4.60. The highest BCUT2D eigenvalue weighted by Gasteiger charge is 2.18. The van der Waals surface area contributed by atoms with Crippen LogP contribution in [0.15, 0.2) is 18.2 Å². The summed E-state index contributed by atoms with van der Waals surface area (Å²) in [6.45, 7) is 1.79. The van der Waals surface area contributed by atoms with Gasteiger partial charge in [-0.05, 0) is 23.8 Å². The van der Waals surface area contributed by atoms with E-state index in [0.29, 0.717) is 22.0 Å². The molecule has 0 amide bonds. The molecule has 0 aliphatic carbocycles. The lowest BCUT2D eigenvalue weighted by molar-refractivity contribution is -0.128. The second-order valence-corrected chi connectivity index (χ2v) is 4.01. The number of halogens is 2. The molecule has 4 heteroatoms. The molecule has 1 unspecified atom stereocenters. The second kappa shape index (κ2) is 5.50. The molecule has 0 fully saturated rings. The summed E-state index contributed by atoms with van der Waals surface area (Å²) >= 11 is 11.7. The van der Waals surface area contributed by atoms with Crippen molar-refractivity contribution in [1.82, 2.24) is 0 Å². The molecule has 1 aromatic carbocycles. The van der Waals surface area contributed by atoms with Gasteiger partial charge in [0.05, 0.1) is 0 Å². The molecule has 0 saturated heterocycles. The Hall–Kier alpha value is -0.570. The monoisotopic (exact) mass is 246 g/mol. The molecule has 0 bridgehead atoms. The molecule has 1 rings (SSSR count). The Bertz CT molecular complexity index is 343. The highest BCUT2D eigenvalue weighted by atomic mass is 35.5. The smallest absolute Gasteiger partial charge is 0.165 e. The molecule has 15 heavy (non-hydrogen) atoms. The van der Waals surface area contributed by atoms with Gasteiger partial charge < -0.3 is 4.74 Å². The van der Waals surface area contributed by atoms with Crippen LogP contribution >= 0.6 is 23.2 Å². The zero-order chi connectivity index (χ0) is 11.4. The van der Waals surface area contributed by atoms with Gasteiger partial charge in [0.25, 0.3) is 0 Å². The summed E-state index contributed by atoms with van der Waals surface area (Å²) in [7, 11) is 1.49. The number of ketones is 1. The standard InChI is InChI=1S/C11H12Cl2O2/c1-3-10(14)11(15-2)7-4-8(12)6-9(13)5-7/h4-6,11H,3H2,1-2H3. The van der Waals surface area contributed by atoms with Crippen LogP contribution in [0.5, 0.6) is 0 Å². The minimum absolute atomic E-state index is 0.0100. The van der Waals surface area contributed by atoms with E-state index in [4.69, 9.17) is 27.9 Å². The Labute approximate surface area is 99.1 Å². The number of hydrogen-bond donors (Lipinski definition) is 0. The van der Waals surface area contributed by atoms with Gasteiger partial charge in [-0.15, -0.1) is 0 Å². The Morgan fingerprint density at radius 2 is 1.87 bits per heavy atom. The van der Waals surface area contributed by atoms with Gasteiger partial charge in [0.2, 0.25) is 0 Å². The lowest BCUT2D eigenvalue weighted by Crippen LogP contribution is -2.13. The molecule has 0 heterocycles. The van der Waals surface area contributed by atoms with Crippen molar-refractivity contribution in [2.45, 2.75) is 19.4 Å². The first kappa shape index (κ1) is 12.5. The van der Waals surface area contributed by atoms with Crippen LogP contribution in [0.1, 0.15) is 25.0 Å². The quantitative estimate of drug-likeness (QED) is 0.811. The topological polar surface area (TPSA) is 26.3 Å². The average molecular weight is 247 g/mol. The Balaban J connectivity index is 3.06. The third-order valence-corrected chi connectivity index (χ3v) is 2.50. The predicted octanol–water partition coefficient (Wildman–Crippen LogP) is 3.66. The van der Waals surface area contributed by atoms with Gasteiger partial charge in [-0.3, -0.25) is 4.79 Å². The van der Waals surface area contributed by atoms with E-state index in [9.17, 15) is 4.79 Å². The fourth-order valence-electron chi connectivity index (χ4n) is 1.37. The Morgan fingerprint density at radius 3 is 2.27 bits per heavy atom. The van der Waals surface area contributed by atoms with Gasteiger partial charge in [0.1, 0.15) is 6.10 Å². The van der Waals surface area contributed by atoms with Crippen molar-refractivity contribution in [2.24, 2.45) is 0 Å². The van der Waals surface area contributed by atoms with Crippen molar-refractivity contribution in [2.75, 3.05) is 7.11 Å². The maximum Gasteiger partial charge on any atom is 0.165 e. The zero-order valence-corrected chi connectivity index (χ0v) is 10.1. The maximum absolute atomic E-state index is 11.6. The first-order chi connectivity index (χ1) is 7.08. The van der Waals surface area contributed by atoms with Crippen LogP contribution in [-0.2, 0) is 9.53 Å². The number of ether oxygens (including phenoxy) is 1.